The third-order valence-corrected chi connectivity index (χ3v) is 4.87. The van der Waals surface area contributed by atoms with Gasteiger partial charge in [-0.2, -0.15) is 11.8 Å². The summed E-state index contributed by atoms with van der Waals surface area (Å²) in [5, 5.41) is 4.16. The predicted molar refractivity (Wildman–Crippen MR) is 74.2 cm³/mol. The highest BCUT2D eigenvalue weighted by atomic mass is 32.2. The standard InChI is InChI=1S/C14H19NOS/c1-6-13-12(5-2-8-15-13)14(7-1)16-10-11-4-3-9-17-11/h1,6-7,11,15H,2-5,8-10H2. The van der Waals surface area contributed by atoms with Crippen LogP contribution in [0.15, 0.2) is 18.2 Å². The fraction of sp³-hybridized carbons (Fsp3) is 0.571. The van der Waals surface area contributed by atoms with Crippen LogP contribution in [0.25, 0.3) is 0 Å². The Morgan fingerprint density at radius 1 is 1.35 bits per heavy atom. The van der Waals surface area contributed by atoms with Crippen molar-refractivity contribution in [2.45, 2.75) is 30.9 Å². The van der Waals surface area contributed by atoms with Gasteiger partial charge in [0.1, 0.15) is 12.4 Å². The van der Waals surface area contributed by atoms with E-state index in [2.05, 4.69) is 35.3 Å². The molecule has 1 aromatic rings. The van der Waals surface area contributed by atoms with Crippen molar-refractivity contribution in [2.24, 2.45) is 0 Å². The van der Waals surface area contributed by atoms with E-state index in [-0.39, 0.29) is 0 Å². The summed E-state index contributed by atoms with van der Waals surface area (Å²) in [6.45, 7) is 1.97. The molecule has 0 saturated carbocycles. The topological polar surface area (TPSA) is 21.3 Å². The molecule has 0 aliphatic carbocycles. The minimum Gasteiger partial charge on any atom is -0.492 e. The summed E-state index contributed by atoms with van der Waals surface area (Å²) in [5.74, 6) is 2.41. The van der Waals surface area contributed by atoms with Gasteiger partial charge in [-0.15, -0.1) is 0 Å². The number of fused-ring (bicyclic) bond motifs is 1. The van der Waals surface area contributed by atoms with Crippen molar-refractivity contribution in [1.82, 2.24) is 0 Å². The van der Waals surface area contributed by atoms with Crippen LogP contribution < -0.4 is 10.1 Å². The highest BCUT2D eigenvalue weighted by molar-refractivity contribution is 8.00. The first-order valence-corrected chi connectivity index (χ1v) is 7.58. The van der Waals surface area contributed by atoms with Gasteiger partial charge in [-0.05, 0) is 43.6 Å². The number of benzene rings is 1. The molecule has 3 heteroatoms. The third-order valence-electron chi connectivity index (χ3n) is 3.50. The molecule has 2 aliphatic rings. The molecule has 0 aromatic heterocycles. The minimum absolute atomic E-state index is 0.711. The fourth-order valence-corrected chi connectivity index (χ4v) is 3.74. The molecule has 0 spiro atoms. The Bertz CT molecular complexity index is 388. The van der Waals surface area contributed by atoms with E-state index >= 15 is 0 Å². The molecule has 0 bridgehead atoms. The zero-order valence-corrected chi connectivity index (χ0v) is 10.9. The normalized spacial score (nSPS) is 22.9. The SMILES string of the molecule is c1cc2c(c(OCC3CCCS3)c1)CCCN2. The summed E-state index contributed by atoms with van der Waals surface area (Å²) < 4.78 is 6.03. The largest absolute Gasteiger partial charge is 0.492 e. The van der Waals surface area contributed by atoms with E-state index in [0.29, 0.717) is 5.25 Å². The van der Waals surface area contributed by atoms with Crippen molar-refractivity contribution in [1.29, 1.82) is 0 Å². The van der Waals surface area contributed by atoms with Gasteiger partial charge in [0.05, 0.1) is 0 Å². The van der Waals surface area contributed by atoms with Crippen LogP contribution in [0.2, 0.25) is 0 Å². The first kappa shape index (κ1) is 11.3. The van der Waals surface area contributed by atoms with Crippen LogP contribution in [-0.4, -0.2) is 24.2 Å². The molecule has 1 saturated heterocycles. The van der Waals surface area contributed by atoms with Crippen molar-refractivity contribution in [2.75, 3.05) is 24.2 Å². The number of nitrogens with one attached hydrogen (secondary N) is 1. The fourth-order valence-electron chi connectivity index (χ4n) is 2.57. The minimum atomic E-state index is 0.711. The molecule has 3 rings (SSSR count). The van der Waals surface area contributed by atoms with Crippen LogP contribution in [0.5, 0.6) is 5.75 Å². The summed E-state index contributed by atoms with van der Waals surface area (Å²) in [7, 11) is 0. The molecule has 1 aromatic carbocycles. The molecule has 1 atom stereocenters. The maximum absolute atomic E-state index is 6.03. The first-order chi connectivity index (χ1) is 8.43. The number of thioether (sulfide) groups is 1. The smallest absolute Gasteiger partial charge is 0.124 e. The van der Waals surface area contributed by atoms with Crippen molar-refractivity contribution >= 4 is 17.4 Å². The van der Waals surface area contributed by atoms with Gasteiger partial charge in [0.2, 0.25) is 0 Å². The van der Waals surface area contributed by atoms with Crippen LogP contribution in [0.3, 0.4) is 0 Å². The van der Waals surface area contributed by atoms with Crippen LogP contribution >= 0.6 is 11.8 Å². The van der Waals surface area contributed by atoms with Gasteiger partial charge >= 0.3 is 0 Å². The van der Waals surface area contributed by atoms with Crippen molar-refractivity contribution < 1.29 is 4.74 Å². The van der Waals surface area contributed by atoms with E-state index in [1.54, 1.807) is 0 Å². The molecule has 1 fully saturated rings. The Labute approximate surface area is 107 Å². The molecule has 1 N–H and O–H groups in total. The monoisotopic (exact) mass is 249 g/mol. The number of anilines is 1. The van der Waals surface area contributed by atoms with Crippen LogP contribution in [0.4, 0.5) is 5.69 Å². The molecule has 0 amide bonds. The molecular formula is C14H19NOS. The second-order valence-electron chi connectivity index (χ2n) is 4.76. The van der Waals surface area contributed by atoms with E-state index in [0.717, 1.165) is 25.3 Å². The molecule has 2 heterocycles. The average molecular weight is 249 g/mol. The second kappa shape index (κ2) is 5.21. The van der Waals surface area contributed by atoms with Gasteiger partial charge in [-0.3, -0.25) is 0 Å². The quantitative estimate of drug-likeness (QED) is 0.888. The lowest BCUT2D eigenvalue weighted by atomic mass is 10.0. The van der Waals surface area contributed by atoms with Gasteiger partial charge in [0.15, 0.2) is 0 Å². The van der Waals surface area contributed by atoms with Crippen LogP contribution in [0.1, 0.15) is 24.8 Å². The Kier molecular flexibility index (Phi) is 3.46. The number of hydrogen-bond donors (Lipinski definition) is 1. The lowest BCUT2D eigenvalue weighted by Gasteiger charge is -2.21. The van der Waals surface area contributed by atoms with Gasteiger partial charge in [-0.25, -0.2) is 0 Å². The first-order valence-electron chi connectivity index (χ1n) is 6.53. The summed E-state index contributed by atoms with van der Waals surface area (Å²) in [6, 6.07) is 6.37. The van der Waals surface area contributed by atoms with Gasteiger partial charge in [0.25, 0.3) is 0 Å². The van der Waals surface area contributed by atoms with E-state index in [1.165, 1.54) is 36.3 Å². The van der Waals surface area contributed by atoms with Crippen molar-refractivity contribution in [3.8, 4) is 5.75 Å². The van der Waals surface area contributed by atoms with Gasteiger partial charge in [0, 0.05) is 23.0 Å². The molecule has 2 aliphatic heterocycles. The van der Waals surface area contributed by atoms with Crippen molar-refractivity contribution in [3.63, 3.8) is 0 Å². The predicted octanol–water partition coefficient (Wildman–Crippen LogP) is 3.32. The van der Waals surface area contributed by atoms with E-state index < -0.39 is 0 Å². The molecule has 0 radical (unpaired) electrons. The summed E-state index contributed by atoms with van der Waals surface area (Å²) >= 11 is 2.06. The van der Waals surface area contributed by atoms with Crippen LogP contribution in [-0.2, 0) is 6.42 Å². The lowest BCUT2D eigenvalue weighted by Crippen LogP contribution is -2.15. The Morgan fingerprint density at radius 2 is 2.35 bits per heavy atom. The number of ether oxygens (including phenoxy) is 1. The summed E-state index contributed by atoms with van der Waals surface area (Å²) in [4.78, 5) is 0. The summed E-state index contributed by atoms with van der Waals surface area (Å²) in [6.07, 6.45) is 5.03. The highest BCUT2D eigenvalue weighted by Gasteiger charge is 2.18. The maximum atomic E-state index is 6.03. The van der Waals surface area contributed by atoms with E-state index in [9.17, 15) is 0 Å². The zero-order chi connectivity index (χ0) is 11.5. The molecule has 17 heavy (non-hydrogen) atoms. The van der Waals surface area contributed by atoms with E-state index in [1.807, 2.05) is 0 Å². The number of hydrogen-bond acceptors (Lipinski definition) is 3. The average Bonchev–Trinajstić information content (AvgIpc) is 2.89. The zero-order valence-electron chi connectivity index (χ0n) is 10.1. The lowest BCUT2D eigenvalue weighted by molar-refractivity contribution is 0.311. The van der Waals surface area contributed by atoms with Crippen molar-refractivity contribution in [3.05, 3.63) is 23.8 Å². The van der Waals surface area contributed by atoms with Crippen LogP contribution in [0, 0.1) is 0 Å². The Morgan fingerprint density at radius 3 is 3.24 bits per heavy atom. The Hall–Kier alpha value is -0.830. The third kappa shape index (κ3) is 2.54. The second-order valence-corrected chi connectivity index (χ2v) is 6.17. The van der Waals surface area contributed by atoms with Gasteiger partial charge < -0.3 is 10.1 Å². The molecule has 1 unspecified atom stereocenters. The molecule has 92 valence electrons. The molecular weight excluding hydrogens is 230 g/mol. The highest BCUT2D eigenvalue weighted by Crippen LogP contribution is 2.32. The molecule has 2 nitrogen and oxygen atoms in total. The Balaban J connectivity index is 1.69. The summed E-state index contributed by atoms with van der Waals surface area (Å²) in [5.41, 5.74) is 2.65. The van der Waals surface area contributed by atoms with E-state index in [4.69, 9.17) is 4.74 Å². The maximum Gasteiger partial charge on any atom is 0.124 e. The number of rotatable bonds is 3. The van der Waals surface area contributed by atoms with Gasteiger partial charge in [-0.1, -0.05) is 6.07 Å².